The smallest absolute Gasteiger partial charge is 0.490 e. The number of halogens is 4. The van der Waals surface area contributed by atoms with Gasteiger partial charge in [-0.15, -0.1) is 0 Å². The largest absolute Gasteiger partial charge is 0.504 e. The van der Waals surface area contributed by atoms with Crippen molar-refractivity contribution in [2.24, 2.45) is 0 Å². The Morgan fingerprint density at radius 3 is 2.14 bits per heavy atom. The van der Waals surface area contributed by atoms with E-state index in [2.05, 4.69) is 5.32 Å². The van der Waals surface area contributed by atoms with E-state index >= 15 is 0 Å². The molecule has 4 N–H and O–H groups in total. The van der Waals surface area contributed by atoms with Crippen molar-refractivity contribution in [3.63, 3.8) is 0 Å². The maximum atomic E-state index is 13.2. The Bertz CT molecular complexity index is 700. The Hall–Kier alpha value is -2.15. The van der Waals surface area contributed by atoms with Gasteiger partial charge in [-0.05, 0) is 18.6 Å². The van der Waals surface area contributed by atoms with Crippen molar-refractivity contribution in [1.29, 1.82) is 0 Å². The predicted molar refractivity (Wildman–Crippen MR) is 96.0 cm³/mol. The number of nitrogens with one attached hydrogen (secondary N) is 1. The fourth-order valence-corrected chi connectivity index (χ4v) is 3.38. The second-order valence-electron chi connectivity index (χ2n) is 4.93. The van der Waals surface area contributed by atoms with Gasteiger partial charge in [0.25, 0.3) is 5.91 Å². The van der Waals surface area contributed by atoms with E-state index in [4.69, 9.17) is 15.0 Å². The second-order valence-corrected chi connectivity index (χ2v) is 7.64. The number of carbonyl (C=O) groups is 3. The van der Waals surface area contributed by atoms with Gasteiger partial charge in [0, 0.05) is 18.1 Å². The Morgan fingerprint density at radius 1 is 1.11 bits per heavy atom. The first kappa shape index (κ1) is 25.9. The monoisotopic (exact) mass is 447 g/mol. The molecule has 0 aliphatic carbocycles. The van der Waals surface area contributed by atoms with Crippen LogP contribution in [0.1, 0.15) is 22.3 Å². The first-order chi connectivity index (χ1) is 12.9. The van der Waals surface area contributed by atoms with E-state index in [1.54, 1.807) is 6.92 Å². The van der Waals surface area contributed by atoms with Crippen LogP contribution in [0.5, 0.6) is 5.75 Å². The molecule has 0 aliphatic heterocycles. The third-order valence-electron chi connectivity index (χ3n) is 2.76. The van der Waals surface area contributed by atoms with Crippen LogP contribution in [0.15, 0.2) is 12.1 Å². The Kier molecular flexibility index (Phi) is 11.4. The van der Waals surface area contributed by atoms with E-state index in [-0.39, 0.29) is 12.0 Å². The molecule has 1 rings (SSSR count). The zero-order valence-electron chi connectivity index (χ0n) is 14.4. The lowest BCUT2D eigenvalue weighted by molar-refractivity contribution is -0.192. The van der Waals surface area contributed by atoms with Crippen molar-refractivity contribution < 1.29 is 47.3 Å². The van der Waals surface area contributed by atoms with Crippen molar-refractivity contribution in [3.8, 4) is 5.75 Å². The molecule has 158 valence electrons. The summed E-state index contributed by atoms with van der Waals surface area (Å²) < 4.78 is 45.0. The van der Waals surface area contributed by atoms with E-state index in [0.29, 0.717) is 23.6 Å². The average Bonchev–Trinajstić information content (AvgIpc) is 2.57. The lowest BCUT2D eigenvalue weighted by atomic mass is 10.1. The molecule has 0 aromatic heterocycles. The summed E-state index contributed by atoms with van der Waals surface area (Å²) in [6.45, 7) is 1.96. The molecule has 0 spiro atoms. The van der Waals surface area contributed by atoms with E-state index < -0.39 is 35.6 Å². The number of rotatable bonds is 8. The third-order valence-corrected chi connectivity index (χ3v) is 5.17. The fraction of sp³-hybridized carbons (Fsp3) is 0.400. The lowest BCUT2D eigenvalue weighted by Crippen LogP contribution is -2.26. The Morgan fingerprint density at radius 2 is 1.64 bits per heavy atom. The van der Waals surface area contributed by atoms with Gasteiger partial charge in [0.2, 0.25) is 0 Å². The molecule has 13 heteroatoms. The number of aryl methyl sites for hydroxylation is 1. The number of carboxylic acids is 2. The van der Waals surface area contributed by atoms with Crippen LogP contribution in [0, 0.1) is 12.7 Å². The fourth-order valence-electron chi connectivity index (χ4n) is 1.49. The van der Waals surface area contributed by atoms with Crippen LogP contribution in [0.4, 0.5) is 17.6 Å². The maximum Gasteiger partial charge on any atom is 0.490 e. The van der Waals surface area contributed by atoms with Gasteiger partial charge in [-0.2, -0.15) is 13.2 Å². The van der Waals surface area contributed by atoms with Gasteiger partial charge in [-0.3, -0.25) is 9.59 Å². The zero-order valence-corrected chi connectivity index (χ0v) is 16.0. The number of amides is 1. The van der Waals surface area contributed by atoms with Crippen LogP contribution >= 0.6 is 21.6 Å². The van der Waals surface area contributed by atoms with Crippen LogP contribution in [-0.4, -0.2) is 57.4 Å². The number of benzene rings is 1. The van der Waals surface area contributed by atoms with Crippen LogP contribution in [0.25, 0.3) is 0 Å². The SMILES string of the molecule is Cc1ccc(F)c(O)c1C(=O)NCCSSCCC(=O)O.O=C(O)C(F)(F)F. The number of carboxylic acid groups (broad SMARTS) is 2. The first-order valence-corrected chi connectivity index (χ1v) is 9.89. The minimum Gasteiger partial charge on any atom is -0.504 e. The molecule has 0 saturated heterocycles. The number of hydrogen-bond acceptors (Lipinski definition) is 6. The summed E-state index contributed by atoms with van der Waals surface area (Å²) >= 11 is 0. The molecule has 0 unspecified atom stereocenters. The van der Waals surface area contributed by atoms with E-state index in [1.165, 1.54) is 27.7 Å². The number of phenolic OH excluding ortho intramolecular Hbond substituents is 1. The van der Waals surface area contributed by atoms with Crippen molar-refractivity contribution >= 4 is 39.4 Å². The molecule has 0 fully saturated rings. The first-order valence-electron chi connectivity index (χ1n) is 7.40. The number of aromatic hydroxyl groups is 1. The van der Waals surface area contributed by atoms with Crippen molar-refractivity contribution in [1.82, 2.24) is 5.32 Å². The zero-order chi connectivity index (χ0) is 21.9. The molecule has 0 radical (unpaired) electrons. The molecule has 0 aliphatic rings. The van der Waals surface area contributed by atoms with Gasteiger partial charge in [-0.1, -0.05) is 27.7 Å². The number of alkyl halides is 3. The van der Waals surface area contributed by atoms with Crippen molar-refractivity contribution in [2.45, 2.75) is 19.5 Å². The van der Waals surface area contributed by atoms with E-state index in [0.717, 1.165) is 6.07 Å². The van der Waals surface area contributed by atoms with E-state index in [9.17, 15) is 32.3 Å². The van der Waals surface area contributed by atoms with Crippen molar-refractivity contribution in [3.05, 3.63) is 29.1 Å². The summed E-state index contributed by atoms with van der Waals surface area (Å²) in [6, 6.07) is 2.54. The summed E-state index contributed by atoms with van der Waals surface area (Å²) in [4.78, 5) is 31.1. The van der Waals surface area contributed by atoms with Gasteiger partial charge >= 0.3 is 18.1 Å². The molecule has 0 heterocycles. The molecule has 1 aromatic rings. The van der Waals surface area contributed by atoms with Crippen LogP contribution in [0.2, 0.25) is 0 Å². The van der Waals surface area contributed by atoms with E-state index in [1.807, 2.05) is 0 Å². The van der Waals surface area contributed by atoms with Gasteiger partial charge in [0.05, 0.1) is 12.0 Å². The van der Waals surface area contributed by atoms with Crippen LogP contribution in [-0.2, 0) is 9.59 Å². The molecule has 0 bridgehead atoms. The van der Waals surface area contributed by atoms with Crippen LogP contribution in [0.3, 0.4) is 0 Å². The normalized spacial score (nSPS) is 10.6. The van der Waals surface area contributed by atoms with Crippen LogP contribution < -0.4 is 5.32 Å². The van der Waals surface area contributed by atoms with Gasteiger partial charge in [0.1, 0.15) is 0 Å². The number of phenols is 1. The van der Waals surface area contributed by atoms with Gasteiger partial charge in [-0.25, -0.2) is 9.18 Å². The van der Waals surface area contributed by atoms with Crippen molar-refractivity contribution in [2.75, 3.05) is 18.1 Å². The summed E-state index contributed by atoms with van der Waals surface area (Å²) in [5, 5.41) is 27.7. The molecule has 7 nitrogen and oxygen atoms in total. The highest BCUT2D eigenvalue weighted by molar-refractivity contribution is 8.76. The number of carbonyl (C=O) groups excluding carboxylic acids is 1. The predicted octanol–water partition coefficient (Wildman–Crippen LogP) is 3.06. The molecule has 28 heavy (non-hydrogen) atoms. The Labute approximate surface area is 164 Å². The summed E-state index contributed by atoms with van der Waals surface area (Å²) in [6.07, 6.45) is -4.99. The van der Waals surface area contributed by atoms with Gasteiger partial charge < -0.3 is 20.6 Å². The minimum absolute atomic E-state index is 0.0569. The molecule has 1 amide bonds. The second kappa shape index (κ2) is 12.3. The lowest BCUT2D eigenvalue weighted by Gasteiger charge is -2.09. The summed E-state index contributed by atoms with van der Waals surface area (Å²) in [7, 11) is 2.86. The quantitative estimate of drug-likeness (QED) is 0.272. The number of hydrogen-bond donors (Lipinski definition) is 4. The third kappa shape index (κ3) is 10.3. The highest BCUT2D eigenvalue weighted by atomic mass is 33.1. The number of aliphatic carboxylic acids is 2. The Balaban J connectivity index is 0.000000887. The maximum absolute atomic E-state index is 13.2. The molecule has 0 saturated carbocycles. The standard InChI is InChI=1S/C13H16FNO4S2.C2HF3O2/c1-8-2-3-9(14)12(18)11(8)13(19)15-5-7-21-20-6-4-10(16)17;3-2(4,5)1(6)7/h2-3,18H,4-7H2,1H3,(H,15,19)(H,16,17);(H,6,7). The molecular weight excluding hydrogens is 430 g/mol. The highest BCUT2D eigenvalue weighted by Crippen LogP contribution is 2.24. The van der Waals surface area contributed by atoms with Gasteiger partial charge in [0.15, 0.2) is 11.6 Å². The molecule has 0 atom stereocenters. The molecular formula is C15H17F4NO6S2. The molecule has 1 aromatic carbocycles. The summed E-state index contributed by atoms with van der Waals surface area (Å²) in [5.74, 6) is -4.51. The topological polar surface area (TPSA) is 124 Å². The highest BCUT2D eigenvalue weighted by Gasteiger charge is 2.38. The average molecular weight is 447 g/mol. The summed E-state index contributed by atoms with van der Waals surface area (Å²) in [5.41, 5.74) is 0.438. The minimum atomic E-state index is -5.08.